The van der Waals surface area contributed by atoms with Gasteiger partial charge in [0, 0.05) is 0 Å². The van der Waals surface area contributed by atoms with Gasteiger partial charge in [0.05, 0.1) is 12.2 Å². The van der Waals surface area contributed by atoms with E-state index in [1.165, 1.54) is 89.9 Å². The lowest BCUT2D eigenvalue weighted by Crippen LogP contribution is -2.10. The van der Waals surface area contributed by atoms with Crippen LogP contribution in [0, 0.1) is 13.8 Å². The number of rotatable bonds is 19. The number of carbonyl (C=O) groups excluding carboxylic acids is 1. The molecule has 0 N–H and O–H groups in total. The van der Waals surface area contributed by atoms with Crippen molar-refractivity contribution in [2.24, 2.45) is 0 Å². The van der Waals surface area contributed by atoms with Gasteiger partial charge in [-0.05, 0) is 31.4 Å². The first-order valence-electron chi connectivity index (χ1n) is 12.6. The lowest BCUT2D eigenvalue weighted by Gasteiger charge is -2.08. The highest BCUT2D eigenvalue weighted by molar-refractivity contribution is 5.92. The Bertz CT molecular complexity index is 533. The quantitative estimate of drug-likeness (QED) is 0.128. The van der Waals surface area contributed by atoms with E-state index in [1.54, 1.807) is 0 Å². The highest BCUT2D eigenvalue weighted by Crippen LogP contribution is 2.15. The second kappa shape index (κ2) is 18.4. The minimum Gasteiger partial charge on any atom is -0.293 e. The fourth-order valence-electron chi connectivity index (χ4n) is 3.98. The molecule has 1 rings (SSSR count). The van der Waals surface area contributed by atoms with E-state index in [4.69, 9.17) is 9.78 Å². The van der Waals surface area contributed by atoms with E-state index < -0.39 is 0 Å². The summed E-state index contributed by atoms with van der Waals surface area (Å²) in [5, 5.41) is 0. The summed E-state index contributed by atoms with van der Waals surface area (Å²) in [5.41, 5.74) is 2.46. The molecule has 1 aromatic rings. The minimum atomic E-state index is -0.387. The Labute approximate surface area is 185 Å². The van der Waals surface area contributed by atoms with Crippen molar-refractivity contribution in [3.8, 4) is 0 Å². The molecule has 0 heterocycles. The summed E-state index contributed by atoms with van der Waals surface area (Å²) in [4.78, 5) is 22.2. The first-order valence-corrected chi connectivity index (χ1v) is 12.6. The standard InChI is InChI=1S/C27H46O3/c1-4-5-6-7-8-9-10-11-12-13-14-15-16-17-18-19-23-29-30-27(28)26-24(2)21-20-22-25(26)3/h20-22H,4-19,23H2,1-3H3. The number of hydrogen-bond acceptors (Lipinski definition) is 3. The molecule has 3 heteroatoms. The average molecular weight is 419 g/mol. The molecular formula is C27H46O3. The third-order valence-electron chi connectivity index (χ3n) is 5.90. The number of carbonyl (C=O) groups is 1. The van der Waals surface area contributed by atoms with E-state index in [0.717, 1.165) is 24.0 Å². The summed E-state index contributed by atoms with van der Waals surface area (Å²) in [5.74, 6) is -0.387. The molecule has 30 heavy (non-hydrogen) atoms. The highest BCUT2D eigenvalue weighted by Gasteiger charge is 2.14. The Morgan fingerprint density at radius 3 is 1.50 bits per heavy atom. The molecule has 0 atom stereocenters. The smallest absolute Gasteiger partial charge is 0.293 e. The van der Waals surface area contributed by atoms with Crippen molar-refractivity contribution in [3.05, 3.63) is 34.9 Å². The third kappa shape index (κ3) is 13.1. The van der Waals surface area contributed by atoms with Crippen molar-refractivity contribution in [3.63, 3.8) is 0 Å². The normalized spacial score (nSPS) is 11.0. The van der Waals surface area contributed by atoms with Crippen LogP contribution in [0.25, 0.3) is 0 Å². The Morgan fingerprint density at radius 2 is 1.07 bits per heavy atom. The van der Waals surface area contributed by atoms with Gasteiger partial charge in [-0.15, -0.1) is 0 Å². The lowest BCUT2D eigenvalue weighted by molar-refractivity contribution is -0.241. The Morgan fingerprint density at radius 1 is 0.667 bits per heavy atom. The first-order chi connectivity index (χ1) is 14.7. The molecule has 0 aromatic heterocycles. The molecule has 1 aromatic carbocycles. The largest absolute Gasteiger partial charge is 0.373 e. The molecule has 172 valence electrons. The predicted octanol–water partition coefficient (Wildman–Crippen LogP) is 8.65. The van der Waals surface area contributed by atoms with Crippen LogP contribution in [-0.2, 0) is 9.78 Å². The molecule has 0 aliphatic heterocycles. The van der Waals surface area contributed by atoms with Gasteiger partial charge < -0.3 is 0 Å². The van der Waals surface area contributed by atoms with Crippen LogP contribution in [0.4, 0.5) is 0 Å². The topological polar surface area (TPSA) is 35.5 Å². The van der Waals surface area contributed by atoms with Crippen molar-refractivity contribution >= 4 is 5.97 Å². The SMILES string of the molecule is CCCCCCCCCCCCCCCCCCOOC(=O)c1c(C)cccc1C. The van der Waals surface area contributed by atoms with Crippen LogP contribution >= 0.6 is 0 Å². The fraction of sp³-hybridized carbons (Fsp3) is 0.741. The van der Waals surface area contributed by atoms with E-state index in [0.29, 0.717) is 12.2 Å². The lowest BCUT2D eigenvalue weighted by atomic mass is 10.0. The van der Waals surface area contributed by atoms with Gasteiger partial charge in [-0.3, -0.25) is 4.89 Å². The Kier molecular flexibility index (Phi) is 16.4. The van der Waals surface area contributed by atoms with Crippen LogP contribution in [0.5, 0.6) is 0 Å². The maximum Gasteiger partial charge on any atom is 0.373 e. The molecule has 0 amide bonds. The van der Waals surface area contributed by atoms with E-state index in [2.05, 4.69) is 6.92 Å². The number of unbranched alkanes of at least 4 members (excludes halogenated alkanes) is 15. The summed E-state index contributed by atoms with van der Waals surface area (Å²) in [6.45, 7) is 6.59. The van der Waals surface area contributed by atoms with Gasteiger partial charge in [0.15, 0.2) is 0 Å². The number of hydrogen-bond donors (Lipinski definition) is 0. The zero-order valence-corrected chi connectivity index (χ0v) is 20.0. The average Bonchev–Trinajstić information content (AvgIpc) is 2.72. The van der Waals surface area contributed by atoms with Crippen molar-refractivity contribution in [2.75, 3.05) is 6.61 Å². The molecule has 0 radical (unpaired) electrons. The van der Waals surface area contributed by atoms with Gasteiger partial charge >= 0.3 is 5.97 Å². The summed E-state index contributed by atoms with van der Waals surface area (Å²) >= 11 is 0. The maximum absolute atomic E-state index is 12.1. The van der Waals surface area contributed by atoms with E-state index in [9.17, 15) is 4.79 Å². The molecule has 0 fully saturated rings. The fourth-order valence-corrected chi connectivity index (χ4v) is 3.98. The van der Waals surface area contributed by atoms with E-state index >= 15 is 0 Å². The van der Waals surface area contributed by atoms with Gasteiger partial charge in [-0.25, -0.2) is 4.79 Å². The van der Waals surface area contributed by atoms with Crippen molar-refractivity contribution < 1.29 is 14.6 Å². The van der Waals surface area contributed by atoms with E-state index in [1.807, 2.05) is 32.0 Å². The van der Waals surface area contributed by atoms with Crippen LogP contribution in [0.2, 0.25) is 0 Å². The monoisotopic (exact) mass is 418 g/mol. The second-order valence-corrected chi connectivity index (χ2v) is 8.76. The zero-order chi connectivity index (χ0) is 21.9. The molecule has 0 aliphatic rings. The van der Waals surface area contributed by atoms with Gasteiger partial charge in [0.25, 0.3) is 0 Å². The highest BCUT2D eigenvalue weighted by atomic mass is 17.2. The third-order valence-corrected chi connectivity index (χ3v) is 5.90. The molecule has 0 saturated heterocycles. The molecule has 0 bridgehead atoms. The van der Waals surface area contributed by atoms with Crippen LogP contribution in [0.3, 0.4) is 0 Å². The van der Waals surface area contributed by atoms with Crippen molar-refractivity contribution in [2.45, 2.75) is 124 Å². The zero-order valence-electron chi connectivity index (χ0n) is 20.0. The van der Waals surface area contributed by atoms with Crippen LogP contribution < -0.4 is 0 Å². The molecule has 0 aliphatic carbocycles. The van der Waals surface area contributed by atoms with Gasteiger partial charge in [-0.2, -0.15) is 4.89 Å². The molecule has 3 nitrogen and oxygen atoms in total. The van der Waals surface area contributed by atoms with Gasteiger partial charge in [0.2, 0.25) is 0 Å². The number of aryl methyl sites for hydroxylation is 2. The molecular weight excluding hydrogens is 372 g/mol. The van der Waals surface area contributed by atoms with Crippen molar-refractivity contribution in [1.82, 2.24) is 0 Å². The summed E-state index contributed by atoms with van der Waals surface area (Å²) < 4.78 is 0. The second-order valence-electron chi connectivity index (χ2n) is 8.76. The van der Waals surface area contributed by atoms with Crippen LogP contribution in [-0.4, -0.2) is 12.6 Å². The maximum atomic E-state index is 12.1. The molecule has 0 spiro atoms. The Balaban J connectivity index is 1.83. The summed E-state index contributed by atoms with van der Waals surface area (Å²) in [6, 6.07) is 5.77. The van der Waals surface area contributed by atoms with Gasteiger partial charge in [0.1, 0.15) is 0 Å². The first kappa shape index (κ1) is 26.7. The number of benzene rings is 1. The predicted molar refractivity (Wildman–Crippen MR) is 127 cm³/mol. The Hall–Kier alpha value is -1.35. The van der Waals surface area contributed by atoms with Crippen LogP contribution in [0.1, 0.15) is 131 Å². The van der Waals surface area contributed by atoms with Crippen LogP contribution in [0.15, 0.2) is 18.2 Å². The summed E-state index contributed by atoms with van der Waals surface area (Å²) in [6.07, 6.45) is 21.5. The van der Waals surface area contributed by atoms with Crippen molar-refractivity contribution in [1.29, 1.82) is 0 Å². The molecule has 0 saturated carbocycles. The molecule has 0 unspecified atom stereocenters. The minimum absolute atomic E-state index is 0.387. The summed E-state index contributed by atoms with van der Waals surface area (Å²) in [7, 11) is 0. The van der Waals surface area contributed by atoms with E-state index in [-0.39, 0.29) is 5.97 Å². The van der Waals surface area contributed by atoms with Gasteiger partial charge in [-0.1, -0.05) is 121 Å².